The first-order valence-corrected chi connectivity index (χ1v) is 5.54. The summed E-state index contributed by atoms with van der Waals surface area (Å²) in [5, 5.41) is 9.89. The monoisotopic (exact) mass is 217 g/mol. The maximum atomic E-state index is 9.89. The van der Waals surface area contributed by atoms with Crippen molar-refractivity contribution in [3.8, 4) is 12.3 Å². The molecule has 0 aliphatic heterocycles. The first kappa shape index (κ1) is 12.6. The number of terminal acetylenes is 1. The van der Waals surface area contributed by atoms with Crippen molar-refractivity contribution in [1.82, 2.24) is 0 Å². The van der Waals surface area contributed by atoms with Gasteiger partial charge in [-0.05, 0) is 30.5 Å². The van der Waals surface area contributed by atoms with Crippen LogP contribution in [0.2, 0.25) is 0 Å². The molecule has 1 aromatic carbocycles. The number of unbranched alkanes of at least 4 members (excludes halogenated alkanes) is 1. The topological polar surface area (TPSA) is 23.5 Å². The minimum Gasteiger partial charge on any atom is -0.388 e. The molecule has 1 aromatic rings. The number of nitrogens with zero attached hydrogens (tertiary/aromatic N) is 1. The van der Waals surface area contributed by atoms with Crippen LogP contribution in [-0.4, -0.2) is 19.2 Å². The quantitative estimate of drug-likeness (QED) is 0.605. The van der Waals surface area contributed by atoms with E-state index in [1.165, 1.54) is 0 Å². The van der Waals surface area contributed by atoms with E-state index in [0.717, 1.165) is 30.5 Å². The fourth-order valence-electron chi connectivity index (χ4n) is 1.56. The van der Waals surface area contributed by atoms with Gasteiger partial charge in [-0.25, -0.2) is 0 Å². The molecule has 0 radical (unpaired) electrons. The van der Waals surface area contributed by atoms with Gasteiger partial charge in [-0.15, -0.1) is 12.3 Å². The third-order valence-electron chi connectivity index (χ3n) is 2.59. The zero-order valence-electron chi connectivity index (χ0n) is 9.98. The van der Waals surface area contributed by atoms with Gasteiger partial charge >= 0.3 is 0 Å². The fraction of sp³-hybridized carbons (Fsp3) is 0.429. The van der Waals surface area contributed by atoms with Gasteiger partial charge in [0.1, 0.15) is 0 Å². The van der Waals surface area contributed by atoms with E-state index in [0.29, 0.717) is 0 Å². The van der Waals surface area contributed by atoms with Crippen LogP contribution in [0.5, 0.6) is 0 Å². The second kappa shape index (κ2) is 6.19. The van der Waals surface area contributed by atoms with Crippen molar-refractivity contribution >= 4 is 5.69 Å². The zero-order chi connectivity index (χ0) is 12.0. The van der Waals surface area contributed by atoms with Gasteiger partial charge in [-0.1, -0.05) is 12.1 Å². The van der Waals surface area contributed by atoms with Gasteiger partial charge in [0, 0.05) is 26.2 Å². The van der Waals surface area contributed by atoms with Crippen LogP contribution in [0.25, 0.3) is 0 Å². The highest BCUT2D eigenvalue weighted by atomic mass is 16.3. The van der Waals surface area contributed by atoms with Crippen LogP contribution < -0.4 is 4.90 Å². The van der Waals surface area contributed by atoms with E-state index in [2.05, 4.69) is 5.92 Å². The number of aliphatic hydroxyl groups excluding tert-OH is 1. The largest absolute Gasteiger partial charge is 0.388 e. The molecule has 86 valence electrons. The van der Waals surface area contributed by atoms with E-state index >= 15 is 0 Å². The number of hydrogen-bond donors (Lipinski definition) is 1. The Morgan fingerprint density at radius 1 is 1.31 bits per heavy atom. The maximum absolute atomic E-state index is 9.89. The van der Waals surface area contributed by atoms with Crippen LogP contribution in [-0.2, 0) is 0 Å². The summed E-state index contributed by atoms with van der Waals surface area (Å²) in [7, 11) is 4.00. The molecule has 0 aliphatic rings. The predicted molar refractivity (Wildman–Crippen MR) is 68.4 cm³/mol. The van der Waals surface area contributed by atoms with Crippen LogP contribution >= 0.6 is 0 Å². The molecule has 2 heteroatoms. The lowest BCUT2D eigenvalue weighted by atomic mass is 10.0. The number of benzene rings is 1. The molecule has 1 rings (SSSR count). The molecule has 0 saturated carbocycles. The Morgan fingerprint density at radius 3 is 2.44 bits per heavy atom. The minimum absolute atomic E-state index is 0.399. The maximum Gasteiger partial charge on any atom is 0.0790 e. The molecule has 0 spiro atoms. The summed E-state index contributed by atoms with van der Waals surface area (Å²) in [5.41, 5.74) is 2.10. The van der Waals surface area contributed by atoms with Gasteiger partial charge in [-0.3, -0.25) is 0 Å². The van der Waals surface area contributed by atoms with Gasteiger partial charge in [-0.2, -0.15) is 0 Å². The second-order valence-corrected chi connectivity index (χ2v) is 4.10. The van der Waals surface area contributed by atoms with Crippen LogP contribution in [0, 0.1) is 12.3 Å². The van der Waals surface area contributed by atoms with Crippen LogP contribution in [0.15, 0.2) is 24.3 Å². The van der Waals surface area contributed by atoms with E-state index in [9.17, 15) is 5.11 Å². The number of aliphatic hydroxyl groups is 1. The van der Waals surface area contributed by atoms with E-state index in [4.69, 9.17) is 6.42 Å². The molecule has 0 fully saturated rings. The van der Waals surface area contributed by atoms with Crippen molar-refractivity contribution in [3.05, 3.63) is 29.8 Å². The molecule has 0 saturated heterocycles. The number of rotatable bonds is 5. The van der Waals surface area contributed by atoms with Crippen molar-refractivity contribution in [3.63, 3.8) is 0 Å². The fourth-order valence-corrected chi connectivity index (χ4v) is 1.56. The summed E-state index contributed by atoms with van der Waals surface area (Å²) < 4.78 is 0. The van der Waals surface area contributed by atoms with Gasteiger partial charge in [0.25, 0.3) is 0 Å². The molecule has 0 bridgehead atoms. The molecule has 1 unspecified atom stereocenters. The molecule has 2 nitrogen and oxygen atoms in total. The summed E-state index contributed by atoms with van der Waals surface area (Å²) in [5.74, 6) is 2.58. The lowest BCUT2D eigenvalue weighted by Crippen LogP contribution is -2.08. The van der Waals surface area contributed by atoms with Gasteiger partial charge in [0.2, 0.25) is 0 Å². The molecule has 1 atom stereocenters. The highest BCUT2D eigenvalue weighted by Crippen LogP contribution is 2.21. The summed E-state index contributed by atoms with van der Waals surface area (Å²) in [6.07, 6.45) is 7.10. The van der Waals surface area contributed by atoms with E-state index in [1.807, 2.05) is 43.3 Å². The second-order valence-electron chi connectivity index (χ2n) is 4.10. The molecule has 0 aliphatic carbocycles. The van der Waals surface area contributed by atoms with Crippen molar-refractivity contribution in [2.75, 3.05) is 19.0 Å². The highest BCUT2D eigenvalue weighted by Gasteiger charge is 2.06. The number of anilines is 1. The smallest absolute Gasteiger partial charge is 0.0790 e. The minimum atomic E-state index is -0.399. The summed E-state index contributed by atoms with van der Waals surface area (Å²) in [4.78, 5) is 2.04. The van der Waals surface area contributed by atoms with Crippen LogP contribution in [0.3, 0.4) is 0 Å². The Bertz CT molecular complexity index is 348. The standard InChI is InChI=1S/C14H19NO/c1-4-5-6-7-14(16)12-8-10-13(11-9-12)15(2)3/h1,8-11,14,16H,5-7H2,2-3H3. The lowest BCUT2D eigenvalue weighted by molar-refractivity contribution is 0.165. The normalized spacial score (nSPS) is 11.9. The zero-order valence-corrected chi connectivity index (χ0v) is 9.98. The summed E-state index contributed by atoms with van der Waals surface area (Å²) >= 11 is 0. The summed E-state index contributed by atoms with van der Waals surface area (Å²) in [6.45, 7) is 0. The van der Waals surface area contributed by atoms with Crippen LogP contribution in [0.1, 0.15) is 30.9 Å². The Balaban J connectivity index is 2.56. The average Bonchev–Trinajstić information content (AvgIpc) is 2.29. The third-order valence-corrected chi connectivity index (χ3v) is 2.59. The van der Waals surface area contributed by atoms with Gasteiger partial charge < -0.3 is 10.0 Å². The van der Waals surface area contributed by atoms with Crippen LogP contribution in [0.4, 0.5) is 5.69 Å². The van der Waals surface area contributed by atoms with Crippen molar-refractivity contribution in [2.24, 2.45) is 0 Å². The SMILES string of the molecule is C#CCCCC(O)c1ccc(N(C)C)cc1. The summed E-state index contributed by atoms with van der Waals surface area (Å²) in [6, 6.07) is 7.96. The Morgan fingerprint density at radius 2 is 1.94 bits per heavy atom. The first-order valence-electron chi connectivity index (χ1n) is 5.54. The molecule has 0 heterocycles. The first-order chi connectivity index (χ1) is 7.65. The predicted octanol–water partition coefficient (Wildman–Crippen LogP) is 2.59. The Kier molecular flexibility index (Phi) is 4.88. The van der Waals surface area contributed by atoms with Gasteiger partial charge in [0.05, 0.1) is 6.10 Å². The van der Waals surface area contributed by atoms with Gasteiger partial charge in [0.15, 0.2) is 0 Å². The van der Waals surface area contributed by atoms with E-state index in [1.54, 1.807) is 0 Å². The average molecular weight is 217 g/mol. The molecule has 1 N–H and O–H groups in total. The number of hydrogen-bond acceptors (Lipinski definition) is 2. The molecule has 0 amide bonds. The molecule has 0 aromatic heterocycles. The molecular weight excluding hydrogens is 198 g/mol. The van der Waals surface area contributed by atoms with E-state index in [-0.39, 0.29) is 0 Å². The van der Waals surface area contributed by atoms with Crippen molar-refractivity contribution in [1.29, 1.82) is 0 Å². The lowest BCUT2D eigenvalue weighted by Gasteiger charge is -2.15. The Hall–Kier alpha value is -1.46. The third kappa shape index (κ3) is 3.60. The highest BCUT2D eigenvalue weighted by molar-refractivity contribution is 5.46. The Labute approximate surface area is 97.9 Å². The molecule has 16 heavy (non-hydrogen) atoms. The molecular formula is C14H19NO. The van der Waals surface area contributed by atoms with E-state index < -0.39 is 6.10 Å². The van der Waals surface area contributed by atoms with Crippen molar-refractivity contribution in [2.45, 2.75) is 25.4 Å². The van der Waals surface area contributed by atoms with Crippen molar-refractivity contribution < 1.29 is 5.11 Å².